The Morgan fingerprint density at radius 2 is 1.76 bits per heavy atom. The van der Waals surface area contributed by atoms with E-state index in [4.69, 9.17) is 21.1 Å². The first-order valence-corrected chi connectivity index (χ1v) is 9.01. The van der Waals surface area contributed by atoms with Gasteiger partial charge in [-0.2, -0.15) is 0 Å². The molecule has 2 aromatic carbocycles. The number of halogens is 1. The van der Waals surface area contributed by atoms with E-state index in [-0.39, 0.29) is 12.2 Å². The molecule has 4 nitrogen and oxygen atoms in total. The highest BCUT2D eigenvalue weighted by Gasteiger charge is 2.21. The second-order valence-corrected chi connectivity index (χ2v) is 6.27. The van der Waals surface area contributed by atoms with Crippen molar-refractivity contribution in [2.24, 2.45) is 0 Å². The molecule has 3 rings (SSSR count). The SMILES string of the molecule is O=C(c1cccc(CCl)c1)N(CCC1OCCO1)Cc1ccccc1. The van der Waals surface area contributed by atoms with E-state index in [1.54, 1.807) is 0 Å². The van der Waals surface area contributed by atoms with E-state index in [2.05, 4.69) is 0 Å². The quantitative estimate of drug-likeness (QED) is 0.705. The van der Waals surface area contributed by atoms with Crippen molar-refractivity contribution in [1.29, 1.82) is 0 Å². The maximum Gasteiger partial charge on any atom is 0.254 e. The standard InChI is InChI=1S/C20H22ClNO3/c21-14-17-7-4-8-18(13-17)20(23)22(10-9-19-24-11-12-25-19)15-16-5-2-1-3-6-16/h1-8,13,19H,9-12,14-15H2. The average molecular weight is 360 g/mol. The van der Waals surface area contributed by atoms with Crippen molar-refractivity contribution in [3.63, 3.8) is 0 Å². The number of carbonyl (C=O) groups is 1. The second-order valence-electron chi connectivity index (χ2n) is 6.01. The van der Waals surface area contributed by atoms with Gasteiger partial charge in [0.25, 0.3) is 5.91 Å². The zero-order valence-electron chi connectivity index (χ0n) is 14.1. The summed E-state index contributed by atoms with van der Waals surface area (Å²) in [4.78, 5) is 14.9. The average Bonchev–Trinajstić information content (AvgIpc) is 3.19. The predicted molar refractivity (Wildman–Crippen MR) is 97.5 cm³/mol. The largest absolute Gasteiger partial charge is 0.350 e. The van der Waals surface area contributed by atoms with Gasteiger partial charge in [0.2, 0.25) is 0 Å². The van der Waals surface area contributed by atoms with Crippen LogP contribution in [0, 0.1) is 0 Å². The molecule has 0 spiro atoms. The lowest BCUT2D eigenvalue weighted by Crippen LogP contribution is -2.33. The van der Waals surface area contributed by atoms with Crippen molar-refractivity contribution in [3.8, 4) is 0 Å². The van der Waals surface area contributed by atoms with Crippen LogP contribution in [0.25, 0.3) is 0 Å². The molecular formula is C20H22ClNO3. The molecule has 0 unspecified atom stereocenters. The highest BCUT2D eigenvalue weighted by atomic mass is 35.5. The second kappa shape index (κ2) is 8.99. The van der Waals surface area contributed by atoms with E-state index in [1.807, 2.05) is 59.5 Å². The Balaban J connectivity index is 1.74. The van der Waals surface area contributed by atoms with Crippen molar-refractivity contribution in [1.82, 2.24) is 4.90 Å². The van der Waals surface area contributed by atoms with Gasteiger partial charge in [-0.25, -0.2) is 0 Å². The van der Waals surface area contributed by atoms with Crippen LogP contribution in [0.5, 0.6) is 0 Å². The fourth-order valence-electron chi connectivity index (χ4n) is 2.86. The first kappa shape index (κ1) is 17.9. The van der Waals surface area contributed by atoms with Crippen molar-refractivity contribution in [2.45, 2.75) is 25.1 Å². The number of rotatable bonds is 7. The Morgan fingerprint density at radius 3 is 2.48 bits per heavy atom. The number of hydrogen-bond donors (Lipinski definition) is 0. The van der Waals surface area contributed by atoms with Crippen LogP contribution in [0.1, 0.15) is 27.9 Å². The first-order chi connectivity index (χ1) is 12.3. The minimum Gasteiger partial charge on any atom is -0.350 e. The van der Waals surface area contributed by atoms with Gasteiger partial charge in [0, 0.05) is 31.0 Å². The summed E-state index contributed by atoms with van der Waals surface area (Å²) in [6.45, 7) is 2.37. The summed E-state index contributed by atoms with van der Waals surface area (Å²) < 4.78 is 11.0. The topological polar surface area (TPSA) is 38.8 Å². The molecule has 1 aliphatic rings. The number of ether oxygens (including phenoxy) is 2. The molecule has 0 radical (unpaired) electrons. The Kier molecular flexibility index (Phi) is 6.45. The van der Waals surface area contributed by atoms with Crippen molar-refractivity contribution < 1.29 is 14.3 Å². The fraction of sp³-hybridized carbons (Fsp3) is 0.350. The Labute approximate surface area is 153 Å². The van der Waals surface area contributed by atoms with Crippen molar-refractivity contribution >= 4 is 17.5 Å². The van der Waals surface area contributed by atoms with Gasteiger partial charge in [-0.3, -0.25) is 4.79 Å². The van der Waals surface area contributed by atoms with Crippen LogP contribution in [-0.4, -0.2) is 36.9 Å². The summed E-state index contributed by atoms with van der Waals surface area (Å²) in [5.41, 5.74) is 2.69. The van der Waals surface area contributed by atoms with Crippen molar-refractivity contribution in [3.05, 3.63) is 71.3 Å². The van der Waals surface area contributed by atoms with Gasteiger partial charge in [-0.1, -0.05) is 42.5 Å². The third kappa shape index (κ3) is 5.05. The van der Waals surface area contributed by atoms with Gasteiger partial charge >= 0.3 is 0 Å². The lowest BCUT2D eigenvalue weighted by atomic mass is 10.1. The van der Waals surface area contributed by atoms with Crippen LogP contribution < -0.4 is 0 Å². The van der Waals surface area contributed by atoms with Crippen LogP contribution in [0.4, 0.5) is 0 Å². The third-order valence-corrected chi connectivity index (χ3v) is 4.47. The third-order valence-electron chi connectivity index (χ3n) is 4.16. The van der Waals surface area contributed by atoms with Crippen LogP contribution in [-0.2, 0) is 21.9 Å². The van der Waals surface area contributed by atoms with E-state index in [1.165, 1.54) is 0 Å². The molecule has 1 fully saturated rings. The van der Waals surface area contributed by atoms with E-state index in [0.29, 0.717) is 44.2 Å². The first-order valence-electron chi connectivity index (χ1n) is 8.47. The summed E-state index contributed by atoms with van der Waals surface area (Å²) in [5, 5.41) is 0. The molecule has 0 aromatic heterocycles. The molecule has 1 amide bonds. The smallest absolute Gasteiger partial charge is 0.254 e. The molecule has 1 aliphatic heterocycles. The van der Waals surface area contributed by atoms with Gasteiger partial charge < -0.3 is 14.4 Å². The molecule has 5 heteroatoms. The molecule has 0 N–H and O–H groups in total. The predicted octanol–water partition coefficient (Wildman–Crippen LogP) is 3.83. The summed E-state index contributed by atoms with van der Waals surface area (Å²) in [6, 6.07) is 17.5. The van der Waals surface area contributed by atoms with E-state index in [9.17, 15) is 4.79 Å². The lowest BCUT2D eigenvalue weighted by Gasteiger charge is -2.24. The Morgan fingerprint density at radius 1 is 1.04 bits per heavy atom. The van der Waals surface area contributed by atoms with Gasteiger partial charge in [-0.05, 0) is 23.3 Å². The number of alkyl halides is 1. The maximum atomic E-state index is 13.0. The number of nitrogens with zero attached hydrogens (tertiary/aromatic N) is 1. The number of benzene rings is 2. The van der Waals surface area contributed by atoms with Crippen molar-refractivity contribution in [2.75, 3.05) is 19.8 Å². The van der Waals surface area contributed by atoms with E-state index >= 15 is 0 Å². The van der Waals surface area contributed by atoms with E-state index < -0.39 is 0 Å². The fourth-order valence-corrected chi connectivity index (χ4v) is 3.03. The van der Waals surface area contributed by atoms with Gasteiger partial charge in [0.1, 0.15) is 0 Å². The van der Waals surface area contributed by atoms with Crippen LogP contribution in [0.15, 0.2) is 54.6 Å². The molecule has 0 aliphatic carbocycles. The summed E-state index contributed by atoms with van der Waals surface area (Å²) in [5.74, 6) is 0.387. The zero-order valence-corrected chi connectivity index (χ0v) is 14.8. The highest BCUT2D eigenvalue weighted by Crippen LogP contribution is 2.16. The monoisotopic (exact) mass is 359 g/mol. The van der Waals surface area contributed by atoms with E-state index in [0.717, 1.165) is 11.1 Å². The molecule has 0 bridgehead atoms. The minimum atomic E-state index is -0.222. The van der Waals surface area contributed by atoms with Gasteiger partial charge in [-0.15, -0.1) is 11.6 Å². The molecular weight excluding hydrogens is 338 g/mol. The molecule has 2 aromatic rings. The number of carbonyl (C=O) groups excluding carboxylic acids is 1. The molecule has 0 atom stereocenters. The molecule has 1 saturated heterocycles. The summed E-state index contributed by atoms with van der Waals surface area (Å²) >= 11 is 5.90. The molecule has 0 saturated carbocycles. The highest BCUT2D eigenvalue weighted by molar-refractivity contribution is 6.17. The van der Waals surface area contributed by atoms with Gasteiger partial charge in [0.05, 0.1) is 13.2 Å². The number of hydrogen-bond acceptors (Lipinski definition) is 3. The van der Waals surface area contributed by atoms with Crippen LogP contribution in [0.2, 0.25) is 0 Å². The lowest BCUT2D eigenvalue weighted by molar-refractivity contribution is -0.0505. The number of amides is 1. The normalized spacial score (nSPS) is 14.6. The van der Waals surface area contributed by atoms with Crippen LogP contribution in [0.3, 0.4) is 0 Å². The summed E-state index contributed by atoms with van der Waals surface area (Å²) in [7, 11) is 0. The molecule has 1 heterocycles. The van der Waals surface area contributed by atoms with Gasteiger partial charge in [0.15, 0.2) is 6.29 Å². The Bertz CT molecular complexity index is 686. The minimum absolute atomic E-state index is 0.00573. The Hall–Kier alpha value is -1.88. The molecule has 132 valence electrons. The molecule has 25 heavy (non-hydrogen) atoms. The summed E-state index contributed by atoms with van der Waals surface area (Å²) in [6.07, 6.45) is 0.438. The zero-order chi connectivity index (χ0) is 17.5. The maximum absolute atomic E-state index is 13.0. The van der Waals surface area contributed by atoms with Crippen LogP contribution >= 0.6 is 11.6 Å².